The van der Waals surface area contributed by atoms with Gasteiger partial charge in [0.05, 0.1) is 5.92 Å². The van der Waals surface area contributed by atoms with E-state index in [-0.39, 0.29) is 28.8 Å². The zero-order chi connectivity index (χ0) is 15.9. The van der Waals surface area contributed by atoms with Gasteiger partial charge in [-0.1, -0.05) is 44.2 Å². The van der Waals surface area contributed by atoms with Gasteiger partial charge in [-0.2, -0.15) is 0 Å². The minimum atomic E-state index is -0.965. The maximum atomic E-state index is 13.2. The van der Waals surface area contributed by atoms with Crippen LogP contribution in [0.5, 0.6) is 0 Å². The number of anilines is 1. The molecule has 1 N–H and O–H groups in total. The van der Waals surface area contributed by atoms with Crippen molar-refractivity contribution >= 4 is 11.6 Å². The van der Waals surface area contributed by atoms with E-state index >= 15 is 0 Å². The van der Waals surface area contributed by atoms with Gasteiger partial charge in [-0.25, -0.2) is 8.78 Å². The summed E-state index contributed by atoms with van der Waals surface area (Å²) in [7, 11) is 0. The monoisotopic (exact) mass is 301 g/mol. The van der Waals surface area contributed by atoms with E-state index in [4.69, 9.17) is 0 Å². The topological polar surface area (TPSA) is 29.1 Å². The predicted molar refractivity (Wildman–Crippen MR) is 81.4 cm³/mol. The summed E-state index contributed by atoms with van der Waals surface area (Å²) < 4.78 is 26.1. The van der Waals surface area contributed by atoms with E-state index in [2.05, 4.69) is 5.32 Å². The van der Waals surface area contributed by atoms with Gasteiger partial charge in [-0.05, 0) is 23.1 Å². The summed E-state index contributed by atoms with van der Waals surface area (Å²) in [5.41, 5.74) is 1.25. The third kappa shape index (κ3) is 2.49. The zero-order valence-electron chi connectivity index (χ0n) is 12.4. The van der Waals surface area contributed by atoms with E-state index < -0.39 is 11.6 Å². The number of hydrogen-bond donors (Lipinski definition) is 1. The molecule has 4 heteroatoms. The second kappa shape index (κ2) is 5.20. The summed E-state index contributed by atoms with van der Waals surface area (Å²) in [4.78, 5) is 12.4. The lowest BCUT2D eigenvalue weighted by molar-refractivity contribution is -0.118. The van der Waals surface area contributed by atoms with Crippen LogP contribution in [-0.2, 0) is 4.79 Å². The Bertz CT molecular complexity index is 712. The molecule has 0 radical (unpaired) electrons. The number of hydrogen-bond acceptors (Lipinski definition) is 1. The highest BCUT2D eigenvalue weighted by Crippen LogP contribution is 2.64. The molecule has 2 atom stereocenters. The third-order valence-corrected chi connectivity index (χ3v) is 4.46. The van der Waals surface area contributed by atoms with Crippen LogP contribution in [0.3, 0.4) is 0 Å². The fourth-order valence-corrected chi connectivity index (χ4v) is 3.20. The van der Waals surface area contributed by atoms with Crippen molar-refractivity contribution in [1.29, 1.82) is 0 Å². The molecule has 2 nitrogen and oxygen atoms in total. The normalized spacial score (nSPS) is 22.2. The van der Waals surface area contributed by atoms with Crippen molar-refractivity contribution in [2.24, 2.45) is 11.3 Å². The van der Waals surface area contributed by atoms with Gasteiger partial charge < -0.3 is 5.32 Å². The maximum Gasteiger partial charge on any atom is 0.228 e. The minimum Gasteiger partial charge on any atom is -0.326 e. The van der Waals surface area contributed by atoms with Gasteiger partial charge >= 0.3 is 0 Å². The Morgan fingerprint density at radius 3 is 2.36 bits per heavy atom. The van der Waals surface area contributed by atoms with Crippen molar-refractivity contribution in [3.8, 4) is 0 Å². The molecule has 3 rings (SSSR count). The lowest BCUT2D eigenvalue weighted by Crippen LogP contribution is -2.17. The van der Waals surface area contributed by atoms with E-state index in [9.17, 15) is 13.6 Å². The Hall–Kier alpha value is -2.23. The first-order valence-electron chi connectivity index (χ1n) is 7.22. The molecule has 114 valence electrons. The van der Waals surface area contributed by atoms with Gasteiger partial charge in [0, 0.05) is 17.7 Å². The summed E-state index contributed by atoms with van der Waals surface area (Å²) in [5.74, 6) is -2.09. The molecule has 0 bridgehead atoms. The summed E-state index contributed by atoms with van der Waals surface area (Å²) in [6, 6.07) is 13.2. The van der Waals surface area contributed by atoms with Crippen molar-refractivity contribution in [2.75, 3.05) is 5.32 Å². The first kappa shape index (κ1) is 14.7. The number of nitrogens with one attached hydrogen (secondary N) is 1. The average molecular weight is 301 g/mol. The smallest absolute Gasteiger partial charge is 0.228 e. The molecule has 0 spiro atoms. The molecule has 2 aromatic rings. The first-order chi connectivity index (χ1) is 10.4. The van der Waals surface area contributed by atoms with E-state index in [1.165, 1.54) is 6.07 Å². The molecule has 0 unspecified atom stereocenters. The van der Waals surface area contributed by atoms with Crippen LogP contribution >= 0.6 is 0 Å². The fraction of sp³-hybridized carbons (Fsp3) is 0.278. The van der Waals surface area contributed by atoms with Crippen LogP contribution in [0.1, 0.15) is 25.3 Å². The lowest BCUT2D eigenvalue weighted by atomic mass is 10.0. The van der Waals surface area contributed by atoms with Gasteiger partial charge in [0.2, 0.25) is 5.91 Å². The van der Waals surface area contributed by atoms with Crippen molar-refractivity contribution in [1.82, 2.24) is 0 Å². The Labute approximate surface area is 128 Å². The van der Waals surface area contributed by atoms with Gasteiger partial charge in [0.15, 0.2) is 11.6 Å². The molecule has 1 saturated carbocycles. The molecule has 1 aliphatic carbocycles. The highest BCUT2D eigenvalue weighted by molar-refractivity contribution is 5.96. The molecule has 0 heterocycles. The fourth-order valence-electron chi connectivity index (χ4n) is 3.20. The highest BCUT2D eigenvalue weighted by atomic mass is 19.2. The van der Waals surface area contributed by atoms with Crippen LogP contribution in [0.25, 0.3) is 0 Å². The summed E-state index contributed by atoms with van der Waals surface area (Å²) >= 11 is 0. The Morgan fingerprint density at radius 1 is 1.05 bits per heavy atom. The van der Waals surface area contributed by atoms with E-state index in [0.717, 1.165) is 17.7 Å². The number of carbonyl (C=O) groups excluding carboxylic acids is 1. The number of benzene rings is 2. The molecular formula is C18H17F2NO. The second-order valence-corrected chi connectivity index (χ2v) is 6.31. The van der Waals surface area contributed by atoms with Gasteiger partial charge in [0.25, 0.3) is 0 Å². The molecule has 1 fully saturated rings. The van der Waals surface area contributed by atoms with Crippen molar-refractivity contribution in [3.63, 3.8) is 0 Å². The van der Waals surface area contributed by atoms with E-state index in [0.29, 0.717) is 0 Å². The number of carbonyl (C=O) groups is 1. The molecule has 2 aromatic carbocycles. The number of amides is 1. The SMILES string of the molecule is CC1(C)[C@H](C(=O)Nc2ccc(F)c(F)c2)[C@H]1c1ccccc1. The van der Waals surface area contributed by atoms with E-state index in [1.807, 2.05) is 44.2 Å². The van der Waals surface area contributed by atoms with Crippen LogP contribution in [0, 0.1) is 23.0 Å². The summed E-state index contributed by atoms with van der Waals surface area (Å²) in [5, 5.41) is 2.68. The predicted octanol–water partition coefficient (Wildman–Crippen LogP) is 4.34. The Morgan fingerprint density at radius 2 is 1.73 bits per heavy atom. The largest absolute Gasteiger partial charge is 0.326 e. The standard InChI is InChI=1S/C18H17F2NO/c1-18(2)15(11-6-4-3-5-7-11)16(18)17(22)21-12-8-9-13(19)14(20)10-12/h3-10,15-16H,1-2H3,(H,21,22)/t15-,16+/m1/s1. The first-order valence-corrected chi connectivity index (χ1v) is 7.22. The average Bonchev–Trinajstić information content (AvgIpc) is 3.07. The summed E-state index contributed by atoms with van der Waals surface area (Å²) in [6.07, 6.45) is 0. The van der Waals surface area contributed by atoms with Crippen LogP contribution in [0.4, 0.5) is 14.5 Å². The molecule has 0 aliphatic heterocycles. The lowest BCUT2D eigenvalue weighted by Gasteiger charge is -2.06. The van der Waals surface area contributed by atoms with Crippen molar-refractivity contribution in [3.05, 3.63) is 65.7 Å². The maximum absolute atomic E-state index is 13.2. The van der Waals surface area contributed by atoms with Crippen LogP contribution < -0.4 is 5.32 Å². The highest BCUT2D eigenvalue weighted by Gasteiger charge is 2.62. The van der Waals surface area contributed by atoms with Gasteiger partial charge in [0.1, 0.15) is 0 Å². The van der Waals surface area contributed by atoms with Crippen LogP contribution in [0.2, 0.25) is 0 Å². The molecule has 0 saturated heterocycles. The van der Waals surface area contributed by atoms with Crippen molar-refractivity contribution < 1.29 is 13.6 Å². The quantitative estimate of drug-likeness (QED) is 0.897. The minimum absolute atomic E-state index is 0.138. The summed E-state index contributed by atoms with van der Waals surface area (Å²) in [6.45, 7) is 4.08. The molecule has 22 heavy (non-hydrogen) atoms. The van der Waals surface area contributed by atoms with Crippen LogP contribution in [0.15, 0.2) is 48.5 Å². The van der Waals surface area contributed by atoms with Gasteiger partial charge in [-0.3, -0.25) is 4.79 Å². The van der Waals surface area contributed by atoms with Crippen LogP contribution in [-0.4, -0.2) is 5.91 Å². The van der Waals surface area contributed by atoms with Crippen molar-refractivity contribution in [2.45, 2.75) is 19.8 Å². The number of rotatable bonds is 3. The molecular weight excluding hydrogens is 284 g/mol. The van der Waals surface area contributed by atoms with Gasteiger partial charge in [-0.15, -0.1) is 0 Å². The number of halogens is 2. The Balaban J connectivity index is 1.77. The zero-order valence-corrected chi connectivity index (χ0v) is 12.4. The molecule has 0 aromatic heterocycles. The van der Waals surface area contributed by atoms with E-state index in [1.54, 1.807) is 0 Å². The second-order valence-electron chi connectivity index (χ2n) is 6.31. The molecule has 1 aliphatic rings. The molecule has 1 amide bonds. The Kier molecular flexibility index (Phi) is 3.47. The third-order valence-electron chi connectivity index (χ3n) is 4.46.